The molecule has 0 amide bonds. The van der Waals surface area contributed by atoms with Crippen molar-refractivity contribution < 1.29 is 0 Å². The Morgan fingerprint density at radius 1 is 1.47 bits per heavy atom. The zero-order chi connectivity index (χ0) is 12.4. The molecule has 4 nitrogen and oxygen atoms in total. The van der Waals surface area contributed by atoms with Crippen molar-refractivity contribution in [2.45, 2.75) is 45.1 Å². The molecule has 1 unspecified atom stereocenters. The Bertz CT molecular complexity index is 359. The Labute approximate surface area is 107 Å². The second kappa shape index (κ2) is 5.31. The molecular formula is C12H22N4S. The summed E-state index contributed by atoms with van der Waals surface area (Å²) in [6.45, 7) is 5.29. The zero-order valence-corrected chi connectivity index (χ0v) is 11.7. The Morgan fingerprint density at radius 2 is 2.18 bits per heavy atom. The average Bonchev–Trinajstić information content (AvgIpc) is 3.03. The fourth-order valence-electron chi connectivity index (χ4n) is 1.66. The first-order valence-electron chi connectivity index (χ1n) is 6.38. The van der Waals surface area contributed by atoms with Gasteiger partial charge in [0.2, 0.25) is 5.13 Å². The summed E-state index contributed by atoms with van der Waals surface area (Å²) in [5.74, 6) is 2.23. The van der Waals surface area contributed by atoms with Gasteiger partial charge < -0.3 is 10.6 Å². The summed E-state index contributed by atoms with van der Waals surface area (Å²) in [4.78, 5) is 6.76. The summed E-state index contributed by atoms with van der Waals surface area (Å²) in [6.07, 6.45) is 3.53. The van der Waals surface area contributed by atoms with Crippen LogP contribution in [0.25, 0.3) is 0 Å². The highest BCUT2D eigenvalue weighted by molar-refractivity contribution is 7.09. The smallest absolute Gasteiger partial charge is 0.204 e. The summed E-state index contributed by atoms with van der Waals surface area (Å²) in [7, 11) is 2.07. The van der Waals surface area contributed by atoms with E-state index in [9.17, 15) is 0 Å². The van der Waals surface area contributed by atoms with Gasteiger partial charge in [0.15, 0.2) is 0 Å². The first-order valence-corrected chi connectivity index (χ1v) is 7.15. The summed E-state index contributed by atoms with van der Waals surface area (Å²) in [5.41, 5.74) is 6.05. The number of hydrogen-bond acceptors (Lipinski definition) is 5. The van der Waals surface area contributed by atoms with E-state index in [1.807, 2.05) is 0 Å². The summed E-state index contributed by atoms with van der Waals surface area (Å²) >= 11 is 1.51. The zero-order valence-electron chi connectivity index (χ0n) is 10.9. The van der Waals surface area contributed by atoms with Gasteiger partial charge in [0, 0.05) is 37.1 Å². The molecule has 1 fully saturated rings. The Hall–Kier alpha value is -0.680. The van der Waals surface area contributed by atoms with E-state index in [1.54, 1.807) is 0 Å². The van der Waals surface area contributed by atoms with Gasteiger partial charge in [-0.05, 0) is 25.2 Å². The van der Waals surface area contributed by atoms with E-state index in [-0.39, 0.29) is 6.04 Å². The van der Waals surface area contributed by atoms with Crippen LogP contribution in [-0.2, 0) is 0 Å². The Balaban J connectivity index is 1.83. The molecule has 17 heavy (non-hydrogen) atoms. The first kappa shape index (κ1) is 12.8. The molecule has 2 rings (SSSR count). The lowest BCUT2D eigenvalue weighted by atomic mass is 10.0. The SMILES string of the molecule is CC(C)C(N)CCN(C)c1nc(C2CC2)ns1. The highest BCUT2D eigenvalue weighted by atomic mass is 32.1. The van der Waals surface area contributed by atoms with Crippen LogP contribution in [0.1, 0.15) is 44.9 Å². The summed E-state index contributed by atoms with van der Waals surface area (Å²) in [6, 6.07) is 0.272. The van der Waals surface area contributed by atoms with Gasteiger partial charge in [-0.25, -0.2) is 4.98 Å². The van der Waals surface area contributed by atoms with Gasteiger partial charge in [0.05, 0.1) is 0 Å². The molecule has 0 radical (unpaired) electrons. The van der Waals surface area contributed by atoms with Gasteiger partial charge in [0.1, 0.15) is 5.82 Å². The van der Waals surface area contributed by atoms with Crippen LogP contribution < -0.4 is 10.6 Å². The van der Waals surface area contributed by atoms with Gasteiger partial charge in [0.25, 0.3) is 0 Å². The fourth-order valence-corrected chi connectivity index (χ4v) is 2.39. The van der Waals surface area contributed by atoms with E-state index in [1.165, 1.54) is 24.4 Å². The topological polar surface area (TPSA) is 55.0 Å². The molecule has 1 aromatic heterocycles. The van der Waals surface area contributed by atoms with Crippen LogP contribution >= 0.6 is 11.5 Å². The molecule has 0 aliphatic heterocycles. The largest absolute Gasteiger partial charge is 0.350 e. The first-order chi connectivity index (χ1) is 8.08. The van der Waals surface area contributed by atoms with Crippen LogP contribution in [0.3, 0.4) is 0 Å². The highest BCUT2D eigenvalue weighted by Crippen LogP contribution is 2.39. The van der Waals surface area contributed by atoms with Crippen molar-refractivity contribution in [2.75, 3.05) is 18.5 Å². The molecule has 5 heteroatoms. The lowest BCUT2D eigenvalue weighted by Gasteiger charge is -2.20. The van der Waals surface area contributed by atoms with Gasteiger partial charge in [-0.15, -0.1) is 0 Å². The number of hydrogen-bond donors (Lipinski definition) is 1. The molecule has 96 valence electrons. The predicted molar refractivity (Wildman–Crippen MR) is 72.6 cm³/mol. The third kappa shape index (κ3) is 3.39. The summed E-state index contributed by atoms with van der Waals surface area (Å²) < 4.78 is 4.42. The van der Waals surface area contributed by atoms with Gasteiger partial charge in [-0.2, -0.15) is 4.37 Å². The minimum atomic E-state index is 0.272. The van der Waals surface area contributed by atoms with Crippen molar-refractivity contribution in [3.05, 3.63) is 5.82 Å². The fraction of sp³-hybridized carbons (Fsp3) is 0.833. The Morgan fingerprint density at radius 3 is 2.76 bits per heavy atom. The maximum atomic E-state index is 6.05. The number of rotatable bonds is 6. The number of nitrogens with zero attached hydrogens (tertiary/aromatic N) is 3. The van der Waals surface area contributed by atoms with Crippen LogP contribution in [0.4, 0.5) is 5.13 Å². The third-order valence-corrected chi connectivity index (χ3v) is 4.20. The van der Waals surface area contributed by atoms with E-state index in [4.69, 9.17) is 5.73 Å². The summed E-state index contributed by atoms with van der Waals surface area (Å²) in [5, 5.41) is 1.03. The van der Waals surface area contributed by atoms with E-state index >= 15 is 0 Å². The average molecular weight is 254 g/mol. The van der Waals surface area contributed by atoms with Gasteiger partial charge in [-0.3, -0.25) is 0 Å². The number of nitrogens with two attached hydrogens (primary N) is 1. The minimum absolute atomic E-state index is 0.272. The molecular weight excluding hydrogens is 232 g/mol. The molecule has 2 N–H and O–H groups in total. The van der Waals surface area contributed by atoms with Crippen molar-refractivity contribution in [2.24, 2.45) is 11.7 Å². The predicted octanol–water partition coefficient (Wildman–Crippen LogP) is 2.23. The van der Waals surface area contributed by atoms with Crippen molar-refractivity contribution in [1.29, 1.82) is 0 Å². The van der Waals surface area contributed by atoms with Crippen molar-refractivity contribution in [3.8, 4) is 0 Å². The second-order valence-corrected chi connectivity index (χ2v) is 6.06. The second-order valence-electron chi connectivity index (χ2n) is 5.33. The monoisotopic (exact) mass is 254 g/mol. The maximum absolute atomic E-state index is 6.05. The molecule has 0 spiro atoms. The van der Waals surface area contributed by atoms with Crippen molar-refractivity contribution >= 4 is 16.7 Å². The molecule has 0 bridgehead atoms. The standard InChI is InChI=1S/C12H22N4S/c1-8(2)10(13)6-7-16(3)12-14-11(15-17-12)9-4-5-9/h8-10H,4-7,13H2,1-3H3. The van der Waals surface area contributed by atoms with Gasteiger partial charge in [-0.1, -0.05) is 13.8 Å². The normalized spacial score (nSPS) is 17.5. The molecule has 1 aliphatic carbocycles. The molecule has 1 heterocycles. The Kier molecular flexibility index (Phi) is 3.99. The van der Waals surface area contributed by atoms with E-state index in [0.717, 1.165) is 23.9 Å². The number of anilines is 1. The van der Waals surface area contributed by atoms with Crippen molar-refractivity contribution in [1.82, 2.24) is 9.36 Å². The molecule has 1 aliphatic rings. The number of aromatic nitrogens is 2. The molecule has 0 aromatic carbocycles. The maximum Gasteiger partial charge on any atom is 0.204 e. The quantitative estimate of drug-likeness (QED) is 0.846. The van der Waals surface area contributed by atoms with E-state index in [2.05, 4.69) is 35.2 Å². The minimum Gasteiger partial charge on any atom is -0.350 e. The van der Waals surface area contributed by atoms with Crippen molar-refractivity contribution in [3.63, 3.8) is 0 Å². The van der Waals surface area contributed by atoms with Crippen LogP contribution in [-0.4, -0.2) is 29.0 Å². The van der Waals surface area contributed by atoms with Crippen LogP contribution in [0.15, 0.2) is 0 Å². The molecule has 0 saturated heterocycles. The van der Waals surface area contributed by atoms with Crippen LogP contribution in [0, 0.1) is 5.92 Å². The van der Waals surface area contributed by atoms with E-state index < -0.39 is 0 Å². The molecule has 1 saturated carbocycles. The van der Waals surface area contributed by atoms with Gasteiger partial charge >= 0.3 is 0 Å². The lowest BCUT2D eigenvalue weighted by molar-refractivity contribution is 0.466. The van der Waals surface area contributed by atoms with Crippen LogP contribution in [0.5, 0.6) is 0 Å². The molecule has 1 aromatic rings. The van der Waals surface area contributed by atoms with E-state index in [0.29, 0.717) is 11.8 Å². The third-order valence-electron chi connectivity index (χ3n) is 3.35. The molecule has 1 atom stereocenters. The van der Waals surface area contributed by atoms with Crippen LogP contribution in [0.2, 0.25) is 0 Å². The lowest BCUT2D eigenvalue weighted by Crippen LogP contribution is -2.31. The highest BCUT2D eigenvalue weighted by Gasteiger charge is 2.28.